The number of nitrogens with zero attached hydrogens (tertiary/aromatic N) is 1. The molecule has 9 heteroatoms. The van der Waals surface area contributed by atoms with Crippen molar-refractivity contribution in [3.05, 3.63) is 29.8 Å². The number of nitrogens with one attached hydrogen (secondary N) is 3. The standard InChI is InChI=1S/C30H52N4O5/c1-4-6-7-8-9-10-11-12-27(29(35)38-5-2)39-26-15-13-25(14-16-26)28(30(36)37-3)34-23-21-32-19-17-31-18-20-33-22-24-34/h13-16,27-28,31-33H,4-12,17-24H2,1-3H3. The Morgan fingerprint density at radius 3 is 1.92 bits per heavy atom. The van der Waals surface area contributed by atoms with Crippen molar-refractivity contribution in [2.75, 3.05) is 66.1 Å². The maximum atomic E-state index is 12.9. The van der Waals surface area contributed by atoms with Gasteiger partial charge in [0, 0.05) is 52.4 Å². The van der Waals surface area contributed by atoms with Crippen LogP contribution < -0.4 is 20.7 Å². The second-order valence-corrected chi connectivity index (χ2v) is 10.0. The molecule has 2 unspecified atom stereocenters. The van der Waals surface area contributed by atoms with Crippen molar-refractivity contribution < 1.29 is 23.8 Å². The Morgan fingerprint density at radius 1 is 0.795 bits per heavy atom. The zero-order valence-electron chi connectivity index (χ0n) is 24.5. The molecule has 0 spiro atoms. The summed E-state index contributed by atoms with van der Waals surface area (Å²) in [5, 5.41) is 10.3. The number of hydrogen-bond donors (Lipinski definition) is 3. The highest BCUT2D eigenvalue weighted by Crippen LogP contribution is 2.25. The average molecular weight is 549 g/mol. The van der Waals surface area contributed by atoms with Crippen molar-refractivity contribution in [1.82, 2.24) is 20.9 Å². The highest BCUT2D eigenvalue weighted by Gasteiger charge is 2.29. The highest BCUT2D eigenvalue weighted by atomic mass is 16.6. The molecule has 0 aliphatic carbocycles. The summed E-state index contributed by atoms with van der Waals surface area (Å²) in [4.78, 5) is 27.7. The molecule has 9 nitrogen and oxygen atoms in total. The molecule has 2 atom stereocenters. The van der Waals surface area contributed by atoms with Crippen molar-refractivity contribution in [2.45, 2.75) is 77.4 Å². The number of methoxy groups -OCH3 is 1. The number of unbranched alkanes of at least 4 members (excludes halogenated alkanes) is 6. The van der Waals surface area contributed by atoms with Gasteiger partial charge in [0.05, 0.1) is 13.7 Å². The molecule has 1 aromatic rings. The van der Waals surface area contributed by atoms with Gasteiger partial charge in [-0.2, -0.15) is 0 Å². The van der Waals surface area contributed by atoms with Gasteiger partial charge in [-0.1, -0.05) is 57.6 Å². The molecular weight excluding hydrogens is 496 g/mol. The molecule has 1 aromatic carbocycles. The summed E-state index contributed by atoms with van der Waals surface area (Å²) in [7, 11) is 1.43. The van der Waals surface area contributed by atoms with Crippen LogP contribution in [0.15, 0.2) is 24.3 Å². The third-order valence-electron chi connectivity index (χ3n) is 6.99. The largest absolute Gasteiger partial charge is 0.479 e. The van der Waals surface area contributed by atoms with Gasteiger partial charge in [-0.3, -0.25) is 4.90 Å². The number of benzene rings is 1. The lowest BCUT2D eigenvalue weighted by molar-refractivity contribution is -0.151. The predicted molar refractivity (Wildman–Crippen MR) is 155 cm³/mol. The quantitative estimate of drug-likeness (QED) is 0.225. The van der Waals surface area contributed by atoms with Crippen molar-refractivity contribution >= 4 is 11.9 Å². The molecule has 3 N–H and O–H groups in total. The minimum absolute atomic E-state index is 0.291. The van der Waals surface area contributed by atoms with E-state index in [0.29, 0.717) is 31.9 Å². The van der Waals surface area contributed by atoms with Crippen LogP contribution in [-0.2, 0) is 19.1 Å². The van der Waals surface area contributed by atoms with Crippen molar-refractivity contribution in [1.29, 1.82) is 0 Å². The first kappa shape index (κ1) is 33.0. The fraction of sp³-hybridized carbons (Fsp3) is 0.733. The Morgan fingerprint density at radius 2 is 1.36 bits per heavy atom. The van der Waals surface area contributed by atoms with Gasteiger partial charge in [-0.05, 0) is 37.5 Å². The van der Waals surface area contributed by atoms with Gasteiger partial charge in [0.25, 0.3) is 0 Å². The number of hydrogen-bond acceptors (Lipinski definition) is 9. The van der Waals surface area contributed by atoms with Gasteiger partial charge < -0.3 is 30.2 Å². The average Bonchev–Trinajstić information content (AvgIpc) is 2.94. The van der Waals surface area contributed by atoms with E-state index in [1.54, 1.807) is 0 Å². The summed E-state index contributed by atoms with van der Waals surface area (Å²) in [5.41, 5.74) is 0.836. The molecule has 0 saturated carbocycles. The minimum Gasteiger partial charge on any atom is -0.479 e. The third kappa shape index (κ3) is 13.1. The van der Waals surface area contributed by atoms with Gasteiger partial charge in [0.15, 0.2) is 6.10 Å². The summed E-state index contributed by atoms with van der Waals surface area (Å²) in [6.07, 6.45) is 8.21. The summed E-state index contributed by atoms with van der Waals surface area (Å²) >= 11 is 0. The van der Waals surface area contributed by atoms with E-state index in [-0.39, 0.29) is 11.9 Å². The smallest absolute Gasteiger partial charge is 0.347 e. The summed E-state index contributed by atoms with van der Waals surface area (Å²) in [6, 6.07) is 6.94. The van der Waals surface area contributed by atoms with E-state index in [1.807, 2.05) is 31.2 Å². The van der Waals surface area contributed by atoms with E-state index in [2.05, 4.69) is 27.8 Å². The molecule has 1 aliphatic rings. The maximum absolute atomic E-state index is 12.9. The fourth-order valence-corrected chi connectivity index (χ4v) is 4.79. The molecule has 1 heterocycles. The SMILES string of the molecule is CCCCCCCCCC(Oc1ccc(C(C(=O)OC)N2CCNCCNCCNCC2)cc1)C(=O)OCC. The zero-order valence-corrected chi connectivity index (χ0v) is 24.5. The monoisotopic (exact) mass is 548 g/mol. The first-order valence-corrected chi connectivity index (χ1v) is 15.0. The first-order valence-electron chi connectivity index (χ1n) is 15.0. The lowest BCUT2D eigenvalue weighted by Crippen LogP contribution is -2.45. The normalized spacial score (nSPS) is 17.3. The second kappa shape index (κ2) is 20.7. The number of carbonyl (C=O) groups excluding carboxylic acids is 2. The molecule has 2 rings (SSSR count). The van der Waals surface area contributed by atoms with E-state index in [4.69, 9.17) is 14.2 Å². The number of ether oxygens (including phenoxy) is 3. The molecule has 0 amide bonds. The number of carbonyl (C=O) groups is 2. The van der Waals surface area contributed by atoms with Crippen LogP contribution in [0.2, 0.25) is 0 Å². The van der Waals surface area contributed by atoms with Crippen LogP contribution in [0.5, 0.6) is 5.75 Å². The molecule has 0 radical (unpaired) electrons. The molecule has 1 fully saturated rings. The molecule has 0 bridgehead atoms. The first-order chi connectivity index (χ1) is 19.1. The van der Waals surface area contributed by atoms with Gasteiger partial charge >= 0.3 is 11.9 Å². The topological polar surface area (TPSA) is 101 Å². The van der Waals surface area contributed by atoms with Crippen LogP contribution in [0.25, 0.3) is 0 Å². The van der Waals surface area contributed by atoms with Crippen LogP contribution in [0.3, 0.4) is 0 Å². The van der Waals surface area contributed by atoms with Crippen molar-refractivity contribution in [2.24, 2.45) is 0 Å². The van der Waals surface area contributed by atoms with Gasteiger partial charge in [0.1, 0.15) is 11.8 Å². The lowest BCUT2D eigenvalue weighted by atomic mass is 10.0. The summed E-state index contributed by atoms with van der Waals surface area (Å²) in [6.45, 7) is 10.9. The molecule has 1 saturated heterocycles. The van der Waals surface area contributed by atoms with Crippen LogP contribution >= 0.6 is 0 Å². The zero-order chi connectivity index (χ0) is 28.1. The number of esters is 2. The van der Waals surface area contributed by atoms with E-state index in [1.165, 1.54) is 39.2 Å². The predicted octanol–water partition coefficient (Wildman–Crippen LogP) is 3.44. The molecule has 0 aromatic heterocycles. The molecular formula is C30H52N4O5. The van der Waals surface area contributed by atoms with E-state index in [9.17, 15) is 9.59 Å². The van der Waals surface area contributed by atoms with Crippen molar-refractivity contribution in [3.63, 3.8) is 0 Å². The Bertz CT molecular complexity index is 780. The minimum atomic E-state index is -0.635. The fourth-order valence-electron chi connectivity index (χ4n) is 4.79. The van der Waals surface area contributed by atoms with Gasteiger partial charge in [-0.15, -0.1) is 0 Å². The Balaban J connectivity index is 2.05. The Kier molecular flexibility index (Phi) is 17.5. The molecule has 39 heavy (non-hydrogen) atoms. The van der Waals surface area contributed by atoms with Crippen LogP contribution in [0.4, 0.5) is 0 Å². The Labute approximate surface area is 235 Å². The summed E-state index contributed by atoms with van der Waals surface area (Å²) in [5.74, 6) is -0.0248. The van der Waals surface area contributed by atoms with E-state index in [0.717, 1.165) is 57.7 Å². The van der Waals surface area contributed by atoms with Gasteiger partial charge in [-0.25, -0.2) is 9.59 Å². The molecule has 222 valence electrons. The lowest BCUT2D eigenvalue weighted by Gasteiger charge is -2.31. The maximum Gasteiger partial charge on any atom is 0.347 e. The van der Waals surface area contributed by atoms with Crippen molar-refractivity contribution in [3.8, 4) is 5.75 Å². The van der Waals surface area contributed by atoms with Crippen LogP contribution in [0.1, 0.15) is 76.8 Å². The Hall–Kier alpha value is -2.20. The summed E-state index contributed by atoms with van der Waals surface area (Å²) < 4.78 is 16.6. The van der Waals surface area contributed by atoms with E-state index < -0.39 is 12.1 Å². The van der Waals surface area contributed by atoms with Gasteiger partial charge in [0.2, 0.25) is 0 Å². The third-order valence-corrected chi connectivity index (χ3v) is 6.99. The highest BCUT2D eigenvalue weighted by molar-refractivity contribution is 5.77. The number of rotatable bonds is 15. The van der Waals surface area contributed by atoms with E-state index >= 15 is 0 Å². The molecule has 1 aliphatic heterocycles. The van der Waals surface area contributed by atoms with Crippen LogP contribution in [0, 0.1) is 0 Å². The van der Waals surface area contributed by atoms with Crippen LogP contribution in [-0.4, -0.2) is 89.0 Å². The second-order valence-electron chi connectivity index (χ2n) is 10.0.